The Morgan fingerprint density at radius 1 is 0.950 bits per heavy atom. The molecule has 3 nitrogen and oxygen atoms in total. The first kappa shape index (κ1) is 10.5. The number of pyridine rings is 1. The summed E-state index contributed by atoms with van der Waals surface area (Å²) in [6, 6.07) is 10.8. The van der Waals surface area contributed by atoms with E-state index in [9.17, 15) is 0 Å². The van der Waals surface area contributed by atoms with Crippen LogP contribution >= 0.6 is 11.3 Å². The molecule has 3 heterocycles. The Kier molecular flexibility index (Phi) is 1.89. The topological polar surface area (TPSA) is 38.7 Å². The average molecular weight is 275 g/mol. The lowest BCUT2D eigenvalue weighted by atomic mass is 10.1. The number of hydrogen-bond acceptors (Lipinski definition) is 4. The summed E-state index contributed by atoms with van der Waals surface area (Å²) in [7, 11) is 0. The lowest BCUT2D eigenvalue weighted by Crippen LogP contribution is -1.85. The van der Waals surface area contributed by atoms with Gasteiger partial charge >= 0.3 is 0 Å². The minimum Gasteiger partial charge on any atom is -0.250 e. The molecule has 0 spiro atoms. The second kappa shape index (κ2) is 3.61. The molecule has 4 heteroatoms. The van der Waals surface area contributed by atoms with E-state index >= 15 is 0 Å². The second-order valence-corrected chi connectivity index (χ2v) is 6.02. The van der Waals surface area contributed by atoms with E-state index in [-0.39, 0.29) is 0 Å². The fourth-order valence-electron chi connectivity index (χ4n) is 2.93. The molecule has 0 bridgehead atoms. The Morgan fingerprint density at radius 2 is 1.85 bits per heavy atom. The van der Waals surface area contributed by atoms with Gasteiger partial charge in [0, 0.05) is 24.4 Å². The third kappa shape index (κ3) is 1.26. The fraction of sp³-hybridized carbons (Fsp3) is 0.0625. The zero-order valence-electron chi connectivity index (χ0n) is 10.5. The molecular formula is C16H9N3S. The minimum absolute atomic E-state index is 0.916. The van der Waals surface area contributed by atoms with Gasteiger partial charge in [0.05, 0.1) is 10.4 Å². The highest BCUT2D eigenvalue weighted by molar-refractivity contribution is 7.25. The SMILES string of the molecule is c1ccc2c(c1)Cc1cc3sc4nccnc4c3nc1-2. The number of rotatable bonds is 0. The van der Waals surface area contributed by atoms with E-state index < -0.39 is 0 Å². The standard InChI is InChI=1S/C16H9N3S/c1-2-4-11-9(3-1)7-10-8-12-14(19-13(10)11)15-16(20-12)18-6-5-17-15/h1-6,8H,7H2. The lowest BCUT2D eigenvalue weighted by molar-refractivity contribution is 1.25. The van der Waals surface area contributed by atoms with Gasteiger partial charge in [-0.25, -0.2) is 15.0 Å². The van der Waals surface area contributed by atoms with Crippen LogP contribution in [0.1, 0.15) is 11.1 Å². The van der Waals surface area contributed by atoms with Crippen molar-refractivity contribution in [2.45, 2.75) is 6.42 Å². The number of aromatic nitrogens is 3. The molecule has 3 aromatic heterocycles. The van der Waals surface area contributed by atoms with Crippen molar-refractivity contribution in [3.8, 4) is 11.3 Å². The maximum atomic E-state index is 4.89. The lowest BCUT2D eigenvalue weighted by Gasteiger charge is -2.00. The van der Waals surface area contributed by atoms with Crippen molar-refractivity contribution in [3.63, 3.8) is 0 Å². The molecule has 4 aromatic rings. The van der Waals surface area contributed by atoms with Crippen molar-refractivity contribution in [2.24, 2.45) is 0 Å². The first-order valence-corrected chi connectivity index (χ1v) is 7.33. The van der Waals surface area contributed by atoms with Gasteiger partial charge in [-0.2, -0.15) is 0 Å². The zero-order chi connectivity index (χ0) is 13.1. The first-order valence-electron chi connectivity index (χ1n) is 6.51. The Morgan fingerprint density at radius 3 is 2.85 bits per heavy atom. The smallest absolute Gasteiger partial charge is 0.144 e. The van der Waals surface area contributed by atoms with Gasteiger partial charge < -0.3 is 0 Å². The molecule has 20 heavy (non-hydrogen) atoms. The molecule has 0 fully saturated rings. The summed E-state index contributed by atoms with van der Waals surface area (Å²) in [5.74, 6) is 0. The zero-order valence-corrected chi connectivity index (χ0v) is 11.3. The molecule has 0 atom stereocenters. The molecule has 0 saturated heterocycles. The highest BCUT2D eigenvalue weighted by Gasteiger charge is 2.21. The van der Waals surface area contributed by atoms with Gasteiger partial charge in [-0.05, 0) is 17.2 Å². The molecule has 0 radical (unpaired) electrons. The quantitative estimate of drug-likeness (QED) is 0.431. The minimum atomic E-state index is 0.916. The van der Waals surface area contributed by atoms with Gasteiger partial charge in [0.25, 0.3) is 0 Å². The summed E-state index contributed by atoms with van der Waals surface area (Å²) in [6.45, 7) is 0. The maximum Gasteiger partial charge on any atom is 0.144 e. The van der Waals surface area contributed by atoms with Crippen LogP contribution in [0, 0.1) is 0 Å². The summed E-state index contributed by atoms with van der Waals surface area (Å²) in [5.41, 5.74) is 6.94. The molecule has 0 amide bonds. The molecule has 1 aliphatic carbocycles. The van der Waals surface area contributed by atoms with Crippen LogP contribution in [0.3, 0.4) is 0 Å². The first-order chi connectivity index (χ1) is 9.90. The van der Waals surface area contributed by atoms with Crippen LogP contribution in [0.4, 0.5) is 0 Å². The van der Waals surface area contributed by atoms with Crippen LogP contribution in [0.2, 0.25) is 0 Å². The summed E-state index contributed by atoms with van der Waals surface area (Å²) >= 11 is 1.67. The van der Waals surface area contributed by atoms with Gasteiger partial charge in [-0.15, -0.1) is 11.3 Å². The number of hydrogen-bond donors (Lipinski definition) is 0. The summed E-state index contributed by atoms with van der Waals surface area (Å²) in [6.07, 6.45) is 4.45. The predicted molar refractivity (Wildman–Crippen MR) is 81.0 cm³/mol. The van der Waals surface area contributed by atoms with Gasteiger partial charge in [-0.1, -0.05) is 24.3 Å². The van der Waals surface area contributed by atoms with E-state index in [0.717, 1.165) is 28.0 Å². The van der Waals surface area contributed by atoms with E-state index in [2.05, 4.69) is 40.3 Å². The van der Waals surface area contributed by atoms with Crippen molar-refractivity contribution in [3.05, 3.63) is 53.9 Å². The average Bonchev–Trinajstić information content (AvgIpc) is 3.02. The monoisotopic (exact) mass is 275 g/mol. The van der Waals surface area contributed by atoms with Gasteiger partial charge in [-0.3, -0.25) is 0 Å². The van der Waals surface area contributed by atoms with Crippen molar-refractivity contribution in [2.75, 3.05) is 0 Å². The molecule has 0 N–H and O–H groups in total. The molecule has 94 valence electrons. The Hall–Kier alpha value is -2.33. The molecular weight excluding hydrogens is 266 g/mol. The van der Waals surface area contributed by atoms with Crippen molar-refractivity contribution in [1.82, 2.24) is 15.0 Å². The Balaban J connectivity index is 1.91. The predicted octanol–water partition coefficient (Wildman–Crippen LogP) is 3.81. The van der Waals surface area contributed by atoms with E-state index in [1.54, 1.807) is 23.7 Å². The van der Waals surface area contributed by atoms with Gasteiger partial charge in [0.1, 0.15) is 15.9 Å². The third-order valence-corrected chi connectivity index (χ3v) is 4.84. The molecule has 0 saturated carbocycles. The second-order valence-electron chi connectivity index (χ2n) is 4.99. The van der Waals surface area contributed by atoms with Crippen LogP contribution in [0.5, 0.6) is 0 Å². The summed E-state index contributed by atoms with van der Waals surface area (Å²) in [4.78, 5) is 14.7. The number of thiophene rings is 1. The van der Waals surface area contributed by atoms with E-state index in [4.69, 9.17) is 4.98 Å². The number of fused-ring (bicyclic) bond motifs is 6. The number of nitrogens with zero attached hydrogens (tertiary/aromatic N) is 3. The van der Waals surface area contributed by atoms with E-state index in [1.165, 1.54) is 21.4 Å². The Bertz CT molecular complexity index is 988. The molecule has 1 aromatic carbocycles. The third-order valence-electron chi connectivity index (χ3n) is 3.82. The summed E-state index contributed by atoms with van der Waals surface area (Å²) < 4.78 is 1.18. The van der Waals surface area contributed by atoms with Crippen molar-refractivity contribution >= 4 is 31.9 Å². The van der Waals surface area contributed by atoms with Gasteiger partial charge in [0.15, 0.2) is 0 Å². The maximum absolute atomic E-state index is 4.89. The highest BCUT2D eigenvalue weighted by Crippen LogP contribution is 2.39. The van der Waals surface area contributed by atoms with E-state index in [1.807, 2.05) is 0 Å². The van der Waals surface area contributed by atoms with Crippen LogP contribution < -0.4 is 0 Å². The van der Waals surface area contributed by atoms with E-state index in [0.29, 0.717) is 0 Å². The van der Waals surface area contributed by atoms with Crippen molar-refractivity contribution < 1.29 is 0 Å². The van der Waals surface area contributed by atoms with Crippen LogP contribution in [0.15, 0.2) is 42.7 Å². The summed E-state index contributed by atoms with van der Waals surface area (Å²) in [5, 5.41) is 0. The highest BCUT2D eigenvalue weighted by atomic mass is 32.1. The largest absolute Gasteiger partial charge is 0.250 e. The van der Waals surface area contributed by atoms with Crippen LogP contribution in [0.25, 0.3) is 31.8 Å². The molecule has 5 rings (SSSR count). The van der Waals surface area contributed by atoms with Crippen LogP contribution in [-0.4, -0.2) is 15.0 Å². The molecule has 0 unspecified atom stereocenters. The fourth-order valence-corrected chi connectivity index (χ4v) is 3.93. The van der Waals surface area contributed by atoms with Crippen molar-refractivity contribution in [1.29, 1.82) is 0 Å². The Labute approximate surface area is 119 Å². The number of benzene rings is 1. The normalized spacial score (nSPS) is 12.8. The van der Waals surface area contributed by atoms with Gasteiger partial charge in [0.2, 0.25) is 0 Å². The van der Waals surface area contributed by atoms with Crippen LogP contribution in [-0.2, 0) is 6.42 Å². The molecule has 0 aliphatic heterocycles. The molecule has 1 aliphatic rings.